The van der Waals surface area contributed by atoms with Crippen LogP contribution in [0.3, 0.4) is 0 Å². The van der Waals surface area contributed by atoms with Gasteiger partial charge in [-0.1, -0.05) is 33.8 Å². The maximum atomic E-state index is 12.8. The fourth-order valence-electron chi connectivity index (χ4n) is 7.80. The van der Waals surface area contributed by atoms with Gasteiger partial charge in [0.15, 0.2) is 5.78 Å². The summed E-state index contributed by atoms with van der Waals surface area (Å²) in [6.45, 7) is 9.04. The molecule has 0 aromatic rings. The van der Waals surface area contributed by atoms with Crippen LogP contribution in [0.5, 0.6) is 0 Å². The van der Waals surface area contributed by atoms with Crippen LogP contribution in [-0.4, -0.2) is 28.7 Å². The molecule has 0 unspecified atom stereocenters. The molecule has 23 heavy (non-hydrogen) atoms. The summed E-state index contributed by atoms with van der Waals surface area (Å²) in [7, 11) is 0. The zero-order valence-electron chi connectivity index (χ0n) is 14.8. The van der Waals surface area contributed by atoms with Crippen LogP contribution < -0.4 is 0 Å². The lowest BCUT2D eigenvalue weighted by molar-refractivity contribution is -0.134. The minimum atomic E-state index is -0.449. The van der Waals surface area contributed by atoms with Crippen LogP contribution in [0.4, 0.5) is 0 Å². The van der Waals surface area contributed by atoms with E-state index in [9.17, 15) is 15.0 Å². The normalized spacial score (nSPS) is 60.7. The molecule has 4 rings (SSSR count). The van der Waals surface area contributed by atoms with Crippen LogP contribution in [0.2, 0.25) is 0 Å². The smallest absolute Gasteiger partial charge is 0.161 e. The van der Waals surface area contributed by atoms with E-state index in [4.69, 9.17) is 0 Å². The highest BCUT2D eigenvalue weighted by Crippen LogP contribution is 2.79. The number of hydrogen-bond donors (Lipinski definition) is 2. The molecule has 0 aromatic carbocycles. The molecule has 0 radical (unpaired) electrons. The Kier molecular flexibility index (Phi) is 2.95. The monoisotopic (exact) mass is 318 g/mol. The SMILES string of the molecule is C[C@H]1C=CC(=O)[C@]2(C)C[C@H](O)[C@H]3[C@@H]4[C@@](C)(CO)CC[C@]4(C)C[C@@]312. The molecule has 8 atom stereocenters. The first-order valence-electron chi connectivity index (χ1n) is 9.16. The van der Waals surface area contributed by atoms with E-state index in [1.165, 1.54) is 0 Å². The summed E-state index contributed by atoms with van der Waals surface area (Å²) in [5, 5.41) is 21.2. The number of ketones is 1. The predicted octanol–water partition coefficient (Wildman–Crippen LogP) is 2.95. The minimum Gasteiger partial charge on any atom is -0.396 e. The summed E-state index contributed by atoms with van der Waals surface area (Å²) >= 11 is 0. The van der Waals surface area contributed by atoms with Crippen molar-refractivity contribution in [2.75, 3.05) is 6.61 Å². The van der Waals surface area contributed by atoms with Gasteiger partial charge in [0.05, 0.1) is 6.10 Å². The standard InChI is InChI=1S/C20H30O3/c1-12-5-6-14(23)19(4)9-13(22)15-16-17(2,10-20(12,15)19)7-8-18(16,3)11-21/h5-6,12-13,15-16,21-22H,7-11H2,1-4H3/t12-,13-,15-,16-,17+,18+,19-,20-/m0/s1. The van der Waals surface area contributed by atoms with Gasteiger partial charge in [-0.05, 0) is 65.8 Å². The first-order chi connectivity index (χ1) is 10.6. The van der Waals surface area contributed by atoms with Gasteiger partial charge in [-0.15, -0.1) is 0 Å². The van der Waals surface area contributed by atoms with E-state index in [1.54, 1.807) is 6.08 Å². The highest BCUT2D eigenvalue weighted by molar-refractivity contribution is 5.97. The molecule has 3 saturated carbocycles. The van der Waals surface area contributed by atoms with Gasteiger partial charge in [-0.3, -0.25) is 4.79 Å². The number of allylic oxidation sites excluding steroid dienone is 2. The van der Waals surface area contributed by atoms with Crippen LogP contribution in [0.1, 0.15) is 53.4 Å². The molecule has 3 heteroatoms. The van der Waals surface area contributed by atoms with Crippen LogP contribution in [-0.2, 0) is 4.79 Å². The second kappa shape index (κ2) is 4.29. The highest BCUT2D eigenvalue weighted by Gasteiger charge is 2.77. The van der Waals surface area contributed by atoms with Crippen molar-refractivity contribution in [1.29, 1.82) is 0 Å². The molecule has 3 fully saturated rings. The third-order valence-electron chi connectivity index (χ3n) is 8.73. The molecule has 0 amide bonds. The summed E-state index contributed by atoms with van der Waals surface area (Å²) in [4.78, 5) is 12.8. The lowest BCUT2D eigenvalue weighted by Crippen LogP contribution is -2.50. The Hall–Kier alpha value is -0.670. The Balaban J connectivity index is 1.93. The first-order valence-corrected chi connectivity index (χ1v) is 9.16. The van der Waals surface area contributed by atoms with Gasteiger partial charge in [0.1, 0.15) is 0 Å². The van der Waals surface area contributed by atoms with Crippen LogP contribution in [0, 0.1) is 39.4 Å². The van der Waals surface area contributed by atoms with Crippen LogP contribution in [0.15, 0.2) is 12.2 Å². The lowest BCUT2D eigenvalue weighted by Gasteiger charge is -2.50. The van der Waals surface area contributed by atoms with E-state index in [-0.39, 0.29) is 34.6 Å². The molecule has 0 aromatic heterocycles. The average Bonchev–Trinajstić information content (AvgIpc) is 3.00. The third-order valence-corrected chi connectivity index (χ3v) is 8.73. The topological polar surface area (TPSA) is 57.5 Å². The molecular formula is C20H30O3. The first kappa shape index (κ1) is 15.8. The summed E-state index contributed by atoms with van der Waals surface area (Å²) in [5.74, 6) is 0.934. The van der Waals surface area contributed by atoms with Gasteiger partial charge >= 0.3 is 0 Å². The molecular weight excluding hydrogens is 288 g/mol. The van der Waals surface area contributed by atoms with Crippen LogP contribution >= 0.6 is 0 Å². The molecule has 0 heterocycles. The summed E-state index contributed by atoms with van der Waals surface area (Å²) in [5.41, 5.74) is -0.590. The molecule has 128 valence electrons. The Bertz CT molecular complexity index is 598. The maximum absolute atomic E-state index is 12.8. The van der Waals surface area contributed by atoms with E-state index >= 15 is 0 Å². The lowest BCUT2D eigenvalue weighted by atomic mass is 9.52. The van der Waals surface area contributed by atoms with E-state index in [0.717, 1.165) is 19.3 Å². The summed E-state index contributed by atoms with van der Waals surface area (Å²) < 4.78 is 0. The van der Waals surface area contributed by atoms with Crippen molar-refractivity contribution in [3.63, 3.8) is 0 Å². The van der Waals surface area contributed by atoms with Gasteiger partial charge in [0, 0.05) is 12.0 Å². The molecule has 0 aliphatic heterocycles. The molecule has 4 aliphatic rings. The second-order valence-corrected chi connectivity index (χ2v) is 9.80. The van der Waals surface area contributed by atoms with E-state index in [2.05, 4.69) is 33.8 Å². The van der Waals surface area contributed by atoms with Crippen molar-refractivity contribution in [1.82, 2.24) is 0 Å². The van der Waals surface area contributed by atoms with Crippen molar-refractivity contribution in [3.05, 3.63) is 12.2 Å². The number of aliphatic hydroxyl groups excluding tert-OH is 2. The van der Waals surface area contributed by atoms with Gasteiger partial charge in [0.25, 0.3) is 0 Å². The molecule has 4 aliphatic carbocycles. The number of carbonyl (C=O) groups is 1. The van der Waals surface area contributed by atoms with Gasteiger partial charge < -0.3 is 10.2 Å². The molecule has 0 saturated heterocycles. The zero-order valence-corrected chi connectivity index (χ0v) is 14.8. The van der Waals surface area contributed by atoms with Crippen LogP contribution in [0.25, 0.3) is 0 Å². The molecule has 1 spiro atoms. The Morgan fingerprint density at radius 3 is 2.61 bits per heavy atom. The van der Waals surface area contributed by atoms with E-state index in [1.807, 2.05) is 0 Å². The number of carbonyl (C=O) groups excluding carboxylic acids is 1. The van der Waals surface area contributed by atoms with Crippen molar-refractivity contribution in [2.24, 2.45) is 39.4 Å². The van der Waals surface area contributed by atoms with E-state index in [0.29, 0.717) is 18.3 Å². The summed E-state index contributed by atoms with van der Waals surface area (Å²) in [6.07, 6.45) is 7.12. The highest BCUT2D eigenvalue weighted by atomic mass is 16.3. The molecule has 0 bridgehead atoms. The second-order valence-electron chi connectivity index (χ2n) is 9.80. The summed E-state index contributed by atoms with van der Waals surface area (Å²) in [6, 6.07) is 0. The zero-order chi connectivity index (χ0) is 16.8. The fourth-order valence-corrected chi connectivity index (χ4v) is 7.80. The van der Waals surface area contributed by atoms with Gasteiger partial charge in [-0.2, -0.15) is 0 Å². The van der Waals surface area contributed by atoms with Gasteiger partial charge in [0.2, 0.25) is 0 Å². The Labute approximate surface area is 139 Å². The van der Waals surface area contributed by atoms with Crippen molar-refractivity contribution < 1.29 is 15.0 Å². The third kappa shape index (κ3) is 1.52. The van der Waals surface area contributed by atoms with Gasteiger partial charge in [-0.25, -0.2) is 0 Å². The van der Waals surface area contributed by atoms with Crippen molar-refractivity contribution in [3.8, 4) is 0 Å². The molecule has 3 nitrogen and oxygen atoms in total. The van der Waals surface area contributed by atoms with E-state index < -0.39 is 11.5 Å². The number of hydrogen-bond acceptors (Lipinski definition) is 3. The fraction of sp³-hybridized carbons (Fsp3) is 0.850. The average molecular weight is 318 g/mol. The Morgan fingerprint density at radius 1 is 1.26 bits per heavy atom. The molecule has 2 N–H and O–H groups in total. The van der Waals surface area contributed by atoms with Crippen molar-refractivity contribution in [2.45, 2.75) is 59.5 Å². The number of rotatable bonds is 1. The largest absolute Gasteiger partial charge is 0.396 e. The quantitative estimate of drug-likeness (QED) is 0.781. The minimum absolute atomic E-state index is 0.126. The predicted molar refractivity (Wildman–Crippen MR) is 88.6 cm³/mol. The maximum Gasteiger partial charge on any atom is 0.161 e. The Morgan fingerprint density at radius 2 is 1.96 bits per heavy atom. The number of fused-ring (bicyclic) bond motifs is 2. The number of aliphatic hydroxyl groups is 2. The van der Waals surface area contributed by atoms with Crippen molar-refractivity contribution >= 4 is 5.78 Å².